The van der Waals surface area contributed by atoms with Crippen molar-refractivity contribution in [3.05, 3.63) is 28.9 Å². The number of rotatable bonds is 5. The molecule has 1 saturated heterocycles. The maximum absolute atomic E-state index is 12.6. The third-order valence-electron chi connectivity index (χ3n) is 4.91. The van der Waals surface area contributed by atoms with Crippen molar-refractivity contribution in [3.63, 3.8) is 0 Å². The van der Waals surface area contributed by atoms with Crippen LogP contribution in [0, 0.1) is 5.92 Å². The monoisotopic (exact) mass is 387 g/mol. The van der Waals surface area contributed by atoms with E-state index in [4.69, 9.17) is 0 Å². The smallest absolute Gasteiger partial charge is 0.357 e. The van der Waals surface area contributed by atoms with Crippen LogP contribution < -0.4 is 10.2 Å². The van der Waals surface area contributed by atoms with Crippen LogP contribution in [-0.2, 0) is 9.53 Å². The lowest BCUT2D eigenvalue weighted by Crippen LogP contribution is -2.41. The minimum absolute atomic E-state index is 0.0898. The summed E-state index contributed by atoms with van der Waals surface area (Å²) < 4.78 is 4.63. The summed E-state index contributed by atoms with van der Waals surface area (Å²) in [5, 5.41) is 13.5. The number of nitrogens with zero attached hydrogens (tertiary/aromatic N) is 4. The van der Waals surface area contributed by atoms with Crippen LogP contribution in [0.15, 0.2) is 17.5 Å². The maximum Gasteiger partial charge on any atom is 0.357 e. The number of anilines is 2. The van der Waals surface area contributed by atoms with Gasteiger partial charge in [0.05, 0.1) is 18.7 Å². The molecule has 2 aromatic rings. The predicted molar refractivity (Wildman–Crippen MR) is 101 cm³/mol. The van der Waals surface area contributed by atoms with Gasteiger partial charge in [-0.1, -0.05) is 0 Å². The Balaban J connectivity index is 1.37. The fraction of sp³-hybridized carbons (Fsp3) is 0.500. The van der Waals surface area contributed by atoms with Gasteiger partial charge in [0.25, 0.3) is 0 Å². The quantitative estimate of drug-likeness (QED) is 0.787. The summed E-state index contributed by atoms with van der Waals surface area (Å²) >= 11 is 1.21. The number of esters is 1. The number of thiazole rings is 1. The summed E-state index contributed by atoms with van der Waals surface area (Å²) in [7, 11) is 1.30. The summed E-state index contributed by atoms with van der Waals surface area (Å²) in [6.07, 6.45) is 4.13. The van der Waals surface area contributed by atoms with Gasteiger partial charge in [-0.2, -0.15) is 5.10 Å². The van der Waals surface area contributed by atoms with Crippen LogP contribution >= 0.6 is 11.3 Å². The standard InChI is InChI=1S/C18H21N5O3S/c1-26-17(25)14-10-27-18(19-14)20-16(24)12-3-2-8-23(9-12)15-7-6-13(21-22-15)11-4-5-11/h6-7,10-12H,2-5,8-9H2,1H3,(H,19,20,24)/t12-/m0/s1. The number of piperidine rings is 1. The molecule has 0 bridgehead atoms. The number of aromatic nitrogens is 3. The Bertz CT molecular complexity index is 834. The SMILES string of the molecule is COC(=O)c1csc(NC(=O)[C@H]2CCCN(c3ccc(C4CC4)nn3)C2)n1. The van der Waals surface area contributed by atoms with Crippen LogP contribution in [0.1, 0.15) is 47.8 Å². The van der Waals surface area contributed by atoms with Crippen molar-refractivity contribution >= 4 is 34.2 Å². The minimum Gasteiger partial charge on any atom is -0.464 e. The number of ether oxygens (including phenoxy) is 1. The average molecular weight is 387 g/mol. The minimum atomic E-state index is -0.510. The Morgan fingerprint density at radius 3 is 2.81 bits per heavy atom. The van der Waals surface area contributed by atoms with Gasteiger partial charge in [0.1, 0.15) is 0 Å². The molecule has 1 aliphatic carbocycles. The van der Waals surface area contributed by atoms with E-state index in [1.807, 2.05) is 12.1 Å². The number of amides is 1. The Morgan fingerprint density at radius 1 is 1.26 bits per heavy atom. The zero-order valence-corrected chi connectivity index (χ0v) is 15.9. The predicted octanol–water partition coefficient (Wildman–Crippen LogP) is 2.45. The second-order valence-corrected chi connectivity index (χ2v) is 7.75. The van der Waals surface area contributed by atoms with E-state index in [1.165, 1.54) is 31.3 Å². The molecular formula is C18H21N5O3S. The van der Waals surface area contributed by atoms with Gasteiger partial charge in [-0.3, -0.25) is 4.79 Å². The number of hydrogen-bond donors (Lipinski definition) is 1. The van der Waals surface area contributed by atoms with Crippen LogP contribution in [0.5, 0.6) is 0 Å². The van der Waals surface area contributed by atoms with E-state index >= 15 is 0 Å². The molecule has 3 heterocycles. The second-order valence-electron chi connectivity index (χ2n) is 6.89. The molecule has 2 aliphatic rings. The van der Waals surface area contributed by atoms with Gasteiger partial charge < -0.3 is 15.0 Å². The molecule has 8 nitrogen and oxygen atoms in total. The van der Waals surface area contributed by atoms with E-state index in [0.29, 0.717) is 17.6 Å². The Morgan fingerprint density at radius 2 is 2.11 bits per heavy atom. The summed E-state index contributed by atoms with van der Waals surface area (Å²) in [6.45, 7) is 1.46. The van der Waals surface area contributed by atoms with Gasteiger partial charge in [-0.25, -0.2) is 9.78 Å². The molecule has 1 atom stereocenters. The van der Waals surface area contributed by atoms with Crippen LogP contribution in [0.3, 0.4) is 0 Å². The van der Waals surface area contributed by atoms with Gasteiger partial charge in [0.2, 0.25) is 5.91 Å². The van der Waals surface area contributed by atoms with Crippen LogP contribution in [0.25, 0.3) is 0 Å². The molecule has 1 N–H and O–H groups in total. The molecule has 142 valence electrons. The van der Waals surface area contributed by atoms with Crippen molar-refractivity contribution in [2.45, 2.75) is 31.6 Å². The summed E-state index contributed by atoms with van der Waals surface area (Å²) in [4.78, 5) is 30.3. The first kappa shape index (κ1) is 17.8. The van der Waals surface area contributed by atoms with Crippen molar-refractivity contribution < 1.29 is 14.3 Å². The van der Waals surface area contributed by atoms with Crippen LogP contribution in [-0.4, -0.2) is 47.3 Å². The van der Waals surface area contributed by atoms with Crippen molar-refractivity contribution in [2.24, 2.45) is 5.92 Å². The van der Waals surface area contributed by atoms with Crippen molar-refractivity contribution in [3.8, 4) is 0 Å². The number of carbonyl (C=O) groups is 2. The third-order valence-corrected chi connectivity index (χ3v) is 5.67. The first-order valence-corrected chi connectivity index (χ1v) is 9.95. The summed E-state index contributed by atoms with van der Waals surface area (Å²) in [6, 6.07) is 4.05. The zero-order chi connectivity index (χ0) is 18.8. The highest BCUT2D eigenvalue weighted by Gasteiger charge is 2.29. The van der Waals surface area contributed by atoms with Crippen LogP contribution in [0.2, 0.25) is 0 Å². The van der Waals surface area contributed by atoms with E-state index in [-0.39, 0.29) is 17.5 Å². The molecule has 0 aromatic carbocycles. The maximum atomic E-state index is 12.6. The Labute approximate surface area is 161 Å². The zero-order valence-electron chi connectivity index (χ0n) is 15.1. The molecule has 1 aliphatic heterocycles. The first-order chi connectivity index (χ1) is 13.1. The number of methoxy groups -OCH3 is 1. The lowest BCUT2D eigenvalue weighted by Gasteiger charge is -2.32. The van der Waals surface area contributed by atoms with Crippen molar-refractivity contribution in [1.29, 1.82) is 0 Å². The highest BCUT2D eigenvalue weighted by molar-refractivity contribution is 7.14. The number of carbonyl (C=O) groups excluding carboxylic acids is 2. The summed E-state index contributed by atoms with van der Waals surface area (Å²) in [5.41, 5.74) is 1.27. The highest BCUT2D eigenvalue weighted by Crippen LogP contribution is 2.38. The molecule has 27 heavy (non-hydrogen) atoms. The fourth-order valence-electron chi connectivity index (χ4n) is 3.24. The van der Waals surface area contributed by atoms with Crippen molar-refractivity contribution in [1.82, 2.24) is 15.2 Å². The molecule has 4 rings (SSSR count). The highest BCUT2D eigenvalue weighted by atomic mass is 32.1. The Kier molecular flexibility index (Phi) is 5.02. The molecule has 2 fully saturated rings. The lowest BCUT2D eigenvalue weighted by molar-refractivity contribution is -0.120. The first-order valence-electron chi connectivity index (χ1n) is 9.07. The molecule has 0 radical (unpaired) electrons. The molecule has 1 amide bonds. The lowest BCUT2D eigenvalue weighted by atomic mass is 9.97. The van der Waals surface area contributed by atoms with E-state index in [1.54, 1.807) is 5.38 Å². The van der Waals surface area contributed by atoms with Crippen LogP contribution in [0.4, 0.5) is 10.9 Å². The fourth-order valence-corrected chi connectivity index (χ4v) is 3.92. The van der Waals surface area contributed by atoms with Gasteiger partial charge in [-0.15, -0.1) is 16.4 Å². The van der Waals surface area contributed by atoms with E-state index < -0.39 is 5.97 Å². The molecule has 2 aromatic heterocycles. The topological polar surface area (TPSA) is 97.3 Å². The van der Waals surface area contributed by atoms with E-state index in [0.717, 1.165) is 30.9 Å². The normalized spacial score (nSPS) is 19.6. The summed E-state index contributed by atoms with van der Waals surface area (Å²) in [5.74, 6) is 0.643. The number of hydrogen-bond acceptors (Lipinski definition) is 8. The third kappa shape index (κ3) is 4.08. The molecule has 0 unspecified atom stereocenters. The van der Waals surface area contributed by atoms with E-state index in [9.17, 15) is 9.59 Å². The van der Waals surface area contributed by atoms with Gasteiger partial charge in [0, 0.05) is 24.4 Å². The Hall–Kier alpha value is -2.55. The molecule has 0 spiro atoms. The van der Waals surface area contributed by atoms with Crippen molar-refractivity contribution in [2.75, 3.05) is 30.4 Å². The molecule has 9 heteroatoms. The largest absolute Gasteiger partial charge is 0.464 e. The second kappa shape index (κ2) is 7.59. The van der Waals surface area contributed by atoms with Gasteiger partial charge in [-0.05, 0) is 37.8 Å². The molecular weight excluding hydrogens is 366 g/mol. The number of nitrogens with one attached hydrogen (secondary N) is 1. The van der Waals surface area contributed by atoms with E-state index in [2.05, 4.69) is 30.1 Å². The molecule has 1 saturated carbocycles. The average Bonchev–Trinajstić information content (AvgIpc) is 3.46. The van der Waals surface area contributed by atoms with Gasteiger partial charge in [0.15, 0.2) is 16.6 Å². The van der Waals surface area contributed by atoms with Gasteiger partial charge >= 0.3 is 5.97 Å².